The van der Waals surface area contributed by atoms with Gasteiger partial charge < -0.3 is 0 Å². The summed E-state index contributed by atoms with van der Waals surface area (Å²) in [5, 5.41) is 10.2. The lowest BCUT2D eigenvalue weighted by molar-refractivity contribution is -0.130. The van der Waals surface area contributed by atoms with Crippen LogP contribution < -0.4 is 5.43 Å². The van der Waals surface area contributed by atoms with Crippen molar-refractivity contribution in [2.24, 2.45) is 0 Å². The number of amides is 1. The molecule has 1 amide bonds. The minimum Gasteiger partial charge on any atom is -0.296 e. The van der Waals surface area contributed by atoms with Crippen molar-refractivity contribution in [1.82, 2.24) is 10.4 Å². The summed E-state index contributed by atoms with van der Waals surface area (Å²) in [4.78, 5) is 12.1. The fourth-order valence-corrected chi connectivity index (χ4v) is 2.14. The zero-order chi connectivity index (χ0) is 14.9. The molecule has 0 saturated carbocycles. The fraction of sp³-hybridized carbons (Fsp3) is 0.143. The molecule has 1 N–H and O–H groups in total. The van der Waals surface area contributed by atoms with E-state index in [4.69, 9.17) is 5.26 Å². The Morgan fingerprint density at radius 2 is 2.25 bits per heavy atom. The van der Waals surface area contributed by atoms with Crippen LogP contribution in [0.2, 0.25) is 0 Å². The standard InChI is InChI=1S/C14H11BrFN3O/c1-8-9(2)18-19(14(20)12(8)6-17)7-10-3-4-11(15)5-13(10)16/h3-5,18H,2,7H2,1H3. The molecule has 0 spiro atoms. The fourth-order valence-electron chi connectivity index (χ4n) is 1.81. The number of carbonyl (C=O) groups excluding carboxylic acids is 1. The van der Waals surface area contributed by atoms with Gasteiger partial charge in [0.1, 0.15) is 17.5 Å². The summed E-state index contributed by atoms with van der Waals surface area (Å²) in [6.07, 6.45) is 0. The van der Waals surface area contributed by atoms with E-state index < -0.39 is 11.7 Å². The minimum absolute atomic E-state index is 0.00935. The Morgan fingerprint density at radius 1 is 1.55 bits per heavy atom. The predicted octanol–water partition coefficient (Wildman–Crippen LogP) is 2.79. The first-order chi connectivity index (χ1) is 9.43. The lowest BCUT2D eigenvalue weighted by atomic mass is 10.1. The van der Waals surface area contributed by atoms with Crippen LogP contribution in [0.1, 0.15) is 12.5 Å². The van der Waals surface area contributed by atoms with E-state index in [0.29, 0.717) is 21.3 Å². The molecule has 0 aliphatic carbocycles. The molecule has 102 valence electrons. The van der Waals surface area contributed by atoms with Crippen molar-refractivity contribution in [3.05, 3.63) is 57.5 Å². The van der Waals surface area contributed by atoms with Gasteiger partial charge in [-0.2, -0.15) is 5.26 Å². The van der Waals surface area contributed by atoms with Gasteiger partial charge in [-0.05, 0) is 24.6 Å². The number of benzene rings is 1. The molecule has 1 aromatic carbocycles. The van der Waals surface area contributed by atoms with Crippen molar-refractivity contribution in [2.45, 2.75) is 13.5 Å². The van der Waals surface area contributed by atoms with Crippen LogP contribution >= 0.6 is 15.9 Å². The van der Waals surface area contributed by atoms with Crippen molar-refractivity contribution in [2.75, 3.05) is 0 Å². The second-order valence-electron chi connectivity index (χ2n) is 4.33. The third kappa shape index (κ3) is 2.58. The van der Waals surface area contributed by atoms with Crippen LogP contribution in [0.4, 0.5) is 4.39 Å². The van der Waals surface area contributed by atoms with Crippen LogP contribution in [-0.2, 0) is 11.3 Å². The summed E-state index contributed by atoms with van der Waals surface area (Å²) in [5.41, 5.74) is 4.10. The van der Waals surface area contributed by atoms with Gasteiger partial charge in [0.05, 0.1) is 12.2 Å². The van der Waals surface area contributed by atoms with E-state index in [1.807, 2.05) is 6.07 Å². The Kier molecular flexibility index (Phi) is 3.91. The molecular weight excluding hydrogens is 325 g/mol. The summed E-state index contributed by atoms with van der Waals surface area (Å²) < 4.78 is 14.4. The van der Waals surface area contributed by atoms with Crippen LogP contribution in [0.15, 0.2) is 46.1 Å². The molecule has 0 bridgehead atoms. The van der Waals surface area contributed by atoms with Crippen LogP contribution in [0.3, 0.4) is 0 Å². The quantitative estimate of drug-likeness (QED) is 0.904. The van der Waals surface area contributed by atoms with Crippen molar-refractivity contribution in [1.29, 1.82) is 5.26 Å². The molecule has 1 aromatic rings. The minimum atomic E-state index is -0.486. The van der Waals surface area contributed by atoms with Gasteiger partial charge >= 0.3 is 0 Å². The molecule has 0 fully saturated rings. The maximum Gasteiger partial charge on any atom is 0.283 e. The second kappa shape index (κ2) is 5.47. The number of hydrazine groups is 1. The molecule has 0 atom stereocenters. The Morgan fingerprint density at radius 3 is 2.85 bits per heavy atom. The van der Waals surface area contributed by atoms with Gasteiger partial charge in [0.25, 0.3) is 5.91 Å². The van der Waals surface area contributed by atoms with Crippen molar-refractivity contribution >= 4 is 21.8 Å². The number of halogens is 2. The smallest absolute Gasteiger partial charge is 0.283 e. The molecular formula is C14H11BrFN3O. The number of nitrogens with one attached hydrogen (secondary N) is 1. The molecule has 4 nitrogen and oxygen atoms in total. The summed E-state index contributed by atoms with van der Waals surface area (Å²) in [6.45, 7) is 5.39. The number of hydrogen-bond donors (Lipinski definition) is 1. The maximum atomic E-state index is 13.8. The number of nitriles is 1. The Hall–Kier alpha value is -2.13. The van der Waals surface area contributed by atoms with Crippen LogP contribution in [0.5, 0.6) is 0 Å². The summed E-state index contributed by atoms with van der Waals surface area (Å²) in [5.74, 6) is -0.913. The van der Waals surface area contributed by atoms with Gasteiger partial charge in [0, 0.05) is 10.0 Å². The first-order valence-corrected chi connectivity index (χ1v) is 6.56. The molecule has 0 unspecified atom stereocenters. The zero-order valence-corrected chi connectivity index (χ0v) is 12.3. The molecule has 2 rings (SSSR count). The van der Waals surface area contributed by atoms with Gasteiger partial charge in [0.15, 0.2) is 0 Å². The zero-order valence-electron chi connectivity index (χ0n) is 10.7. The van der Waals surface area contributed by atoms with Crippen LogP contribution in [0, 0.1) is 17.1 Å². The van der Waals surface area contributed by atoms with E-state index in [1.54, 1.807) is 19.1 Å². The van der Waals surface area contributed by atoms with E-state index in [9.17, 15) is 9.18 Å². The number of carbonyl (C=O) groups is 1. The number of rotatable bonds is 2. The summed E-state index contributed by atoms with van der Waals surface area (Å²) in [7, 11) is 0. The van der Waals surface area contributed by atoms with E-state index >= 15 is 0 Å². The highest BCUT2D eigenvalue weighted by Crippen LogP contribution is 2.22. The molecule has 20 heavy (non-hydrogen) atoms. The molecule has 0 aromatic heterocycles. The maximum absolute atomic E-state index is 13.8. The summed E-state index contributed by atoms with van der Waals surface area (Å²) >= 11 is 3.17. The van der Waals surface area contributed by atoms with Crippen LogP contribution in [0.25, 0.3) is 0 Å². The average Bonchev–Trinajstić information content (AvgIpc) is 2.39. The lowest BCUT2D eigenvalue weighted by Gasteiger charge is -2.30. The monoisotopic (exact) mass is 335 g/mol. The summed E-state index contributed by atoms with van der Waals surface area (Å²) in [6, 6.07) is 6.45. The van der Waals surface area contributed by atoms with E-state index in [0.717, 1.165) is 0 Å². The highest BCUT2D eigenvalue weighted by atomic mass is 79.9. The first-order valence-electron chi connectivity index (χ1n) is 5.76. The van der Waals surface area contributed by atoms with Gasteiger partial charge in [-0.1, -0.05) is 28.6 Å². The molecule has 1 aliphatic heterocycles. The highest BCUT2D eigenvalue weighted by Gasteiger charge is 2.27. The second-order valence-corrected chi connectivity index (χ2v) is 5.24. The number of hydrogen-bond acceptors (Lipinski definition) is 3. The first kappa shape index (κ1) is 14.3. The molecule has 0 saturated heterocycles. The SMILES string of the molecule is C=C1NN(Cc2ccc(Br)cc2F)C(=O)C(C#N)=C1C. The van der Waals surface area contributed by atoms with E-state index in [-0.39, 0.29) is 12.1 Å². The number of allylic oxidation sites excluding steroid dienone is 1. The van der Waals surface area contributed by atoms with Crippen molar-refractivity contribution in [3.8, 4) is 6.07 Å². The lowest BCUT2D eigenvalue weighted by Crippen LogP contribution is -2.46. The van der Waals surface area contributed by atoms with Gasteiger partial charge in [-0.3, -0.25) is 10.2 Å². The van der Waals surface area contributed by atoms with Gasteiger partial charge in [-0.25, -0.2) is 9.40 Å². The molecule has 1 heterocycles. The Bertz CT molecular complexity index is 675. The topological polar surface area (TPSA) is 56.1 Å². The molecule has 0 radical (unpaired) electrons. The number of nitrogens with zero attached hydrogens (tertiary/aromatic N) is 2. The van der Waals surface area contributed by atoms with Gasteiger partial charge in [-0.15, -0.1) is 0 Å². The highest BCUT2D eigenvalue weighted by molar-refractivity contribution is 9.10. The molecule has 6 heteroatoms. The third-order valence-electron chi connectivity index (χ3n) is 3.01. The largest absolute Gasteiger partial charge is 0.296 e. The van der Waals surface area contributed by atoms with Crippen molar-refractivity contribution in [3.63, 3.8) is 0 Å². The molecule has 1 aliphatic rings. The van der Waals surface area contributed by atoms with Crippen LogP contribution in [-0.4, -0.2) is 10.9 Å². The van der Waals surface area contributed by atoms with E-state index in [2.05, 4.69) is 27.9 Å². The predicted molar refractivity (Wildman–Crippen MR) is 75.2 cm³/mol. The Labute approximate surface area is 124 Å². The normalized spacial score (nSPS) is 15.2. The average molecular weight is 336 g/mol. The third-order valence-corrected chi connectivity index (χ3v) is 3.51. The van der Waals surface area contributed by atoms with E-state index in [1.165, 1.54) is 11.1 Å². The van der Waals surface area contributed by atoms with Crippen molar-refractivity contribution < 1.29 is 9.18 Å². The van der Waals surface area contributed by atoms with Gasteiger partial charge in [0.2, 0.25) is 0 Å². The Balaban J connectivity index is 2.30.